The standard InChI is InChI=1S/C48H33NO/c1-3-10-34(11-4-1)36-22-27-42(28-23-36)49(43-29-24-37(25-30-43)35-12-5-2-6-13-35)44-15-9-14-40(32-44)38-18-20-39(21-19-38)41-26-31-48-46(33-41)45-16-7-8-17-47(45)50-48/h1-33H. The summed E-state index contributed by atoms with van der Waals surface area (Å²) in [6, 6.07) is 71.2. The zero-order valence-corrected chi connectivity index (χ0v) is 27.4. The number of furan rings is 1. The first-order valence-corrected chi connectivity index (χ1v) is 17.0. The Morgan fingerprint density at radius 3 is 1.28 bits per heavy atom. The molecule has 0 fully saturated rings. The predicted molar refractivity (Wildman–Crippen MR) is 210 cm³/mol. The fourth-order valence-electron chi connectivity index (χ4n) is 6.90. The minimum atomic E-state index is 0.914. The van der Waals surface area contributed by atoms with Crippen LogP contribution in [0, 0.1) is 0 Å². The minimum Gasteiger partial charge on any atom is -0.456 e. The summed E-state index contributed by atoms with van der Waals surface area (Å²) >= 11 is 0. The molecule has 0 atom stereocenters. The van der Waals surface area contributed by atoms with Crippen molar-refractivity contribution in [3.8, 4) is 44.5 Å². The minimum absolute atomic E-state index is 0.914. The normalized spacial score (nSPS) is 11.2. The van der Waals surface area contributed by atoms with Gasteiger partial charge < -0.3 is 9.32 Å². The number of anilines is 3. The average molecular weight is 640 g/mol. The molecule has 9 aromatic rings. The van der Waals surface area contributed by atoms with E-state index in [1.807, 2.05) is 12.1 Å². The summed E-state index contributed by atoms with van der Waals surface area (Å²) in [6.45, 7) is 0. The van der Waals surface area contributed by atoms with Crippen molar-refractivity contribution >= 4 is 39.0 Å². The summed E-state index contributed by atoms with van der Waals surface area (Å²) in [5.41, 5.74) is 14.6. The lowest BCUT2D eigenvalue weighted by molar-refractivity contribution is 0.669. The summed E-state index contributed by atoms with van der Waals surface area (Å²) in [5, 5.41) is 2.29. The number of rotatable bonds is 7. The fourth-order valence-corrected chi connectivity index (χ4v) is 6.90. The topological polar surface area (TPSA) is 16.4 Å². The van der Waals surface area contributed by atoms with E-state index < -0.39 is 0 Å². The molecule has 0 aliphatic heterocycles. The Morgan fingerprint density at radius 2 is 0.680 bits per heavy atom. The van der Waals surface area contributed by atoms with Crippen LogP contribution in [-0.2, 0) is 0 Å². The van der Waals surface area contributed by atoms with Crippen molar-refractivity contribution in [2.45, 2.75) is 0 Å². The van der Waals surface area contributed by atoms with Gasteiger partial charge in [-0.05, 0) is 99.1 Å². The molecule has 1 heterocycles. The highest BCUT2D eigenvalue weighted by atomic mass is 16.3. The van der Waals surface area contributed by atoms with E-state index in [9.17, 15) is 0 Å². The lowest BCUT2D eigenvalue weighted by atomic mass is 9.98. The molecule has 0 aliphatic carbocycles. The van der Waals surface area contributed by atoms with Crippen molar-refractivity contribution in [3.63, 3.8) is 0 Å². The molecule has 0 amide bonds. The number of benzene rings is 8. The third kappa shape index (κ3) is 5.63. The van der Waals surface area contributed by atoms with E-state index in [0.717, 1.165) is 44.6 Å². The van der Waals surface area contributed by atoms with Crippen molar-refractivity contribution in [1.29, 1.82) is 0 Å². The molecule has 0 saturated carbocycles. The van der Waals surface area contributed by atoms with Crippen LogP contribution in [0.15, 0.2) is 205 Å². The molecule has 50 heavy (non-hydrogen) atoms. The van der Waals surface area contributed by atoms with Crippen LogP contribution in [0.1, 0.15) is 0 Å². The second-order valence-electron chi connectivity index (χ2n) is 12.6. The van der Waals surface area contributed by atoms with Crippen LogP contribution in [0.5, 0.6) is 0 Å². The first-order valence-electron chi connectivity index (χ1n) is 17.0. The zero-order chi connectivity index (χ0) is 33.3. The van der Waals surface area contributed by atoms with Gasteiger partial charge in [0, 0.05) is 27.8 Å². The molecule has 0 bridgehead atoms. The van der Waals surface area contributed by atoms with Gasteiger partial charge in [0.2, 0.25) is 0 Å². The quantitative estimate of drug-likeness (QED) is 0.173. The van der Waals surface area contributed by atoms with Gasteiger partial charge in [-0.15, -0.1) is 0 Å². The monoisotopic (exact) mass is 639 g/mol. The largest absolute Gasteiger partial charge is 0.456 e. The van der Waals surface area contributed by atoms with Crippen LogP contribution >= 0.6 is 0 Å². The summed E-state index contributed by atoms with van der Waals surface area (Å²) in [4.78, 5) is 2.34. The van der Waals surface area contributed by atoms with Crippen LogP contribution in [0.4, 0.5) is 17.1 Å². The molecular formula is C48H33NO. The second-order valence-corrected chi connectivity index (χ2v) is 12.6. The predicted octanol–water partition coefficient (Wildman–Crippen LogP) is 13.7. The molecule has 8 aromatic carbocycles. The molecule has 9 rings (SSSR count). The van der Waals surface area contributed by atoms with E-state index in [4.69, 9.17) is 4.42 Å². The van der Waals surface area contributed by atoms with Gasteiger partial charge in [-0.25, -0.2) is 0 Å². The fraction of sp³-hybridized carbons (Fsp3) is 0. The number of para-hydroxylation sites is 1. The molecule has 2 heteroatoms. The highest BCUT2D eigenvalue weighted by Gasteiger charge is 2.15. The van der Waals surface area contributed by atoms with Gasteiger partial charge in [0.1, 0.15) is 11.2 Å². The van der Waals surface area contributed by atoms with Gasteiger partial charge in [-0.2, -0.15) is 0 Å². The lowest BCUT2D eigenvalue weighted by Crippen LogP contribution is -2.10. The number of hydrogen-bond donors (Lipinski definition) is 0. The van der Waals surface area contributed by atoms with E-state index >= 15 is 0 Å². The van der Waals surface area contributed by atoms with Crippen LogP contribution in [-0.4, -0.2) is 0 Å². The van der Waals surface area contributed by atoms with E-state index in [0.29, 0.717) is 0 Å². The van der Waals surface area contributed by atoms with E-state index in [1.165, 1.54) is 38.9 Å². The number of nitrogens with zero attached hydrogens (tertiary/aromatic N) is 1. The lowest BCUT2D eigenvalue weighted by Gasteiger charge is -2.26. The van der Waals surface area contributed by atoms with Crippen molar-refractivity contribution in [3.05, 3.63) is 200 Å². The van der Waals surface area contributed by atoms with Crippen LogP contribution in [0.2, 0.25) is 0 Å². The maximum absolute atomic E-state index is 6.06. The third-order valence-electron chi connectivity index (χ3n) is 9.50. The molecule has 0 N–H and O–H groups in total. The van der Waals surface area contributed by atoms with Crippen LogP contribution in [0.25, 0.3) is 66.4 Å². The highest BCUT2D eigenvalue weighted by Crippen LogP contribution is 2.39. The summed E-state index contributed by atoms with van der Waals surface area (Å²) in [7, 11) is 0. The Kier molecular flexibility index (Phi) is 7.53. The van der Waals surface area contributed by atoms with Crippen LogP contribution < -0.4 is 4.90 Å². The SMILES string of the molecule is c1ccc(-c2ccc(N(c3ccc(-c4ccccc4)cc3)c3cccc(-c4ccc(-c5ccc6oc7ccccc7c6c5)cc4)c3)cc2)cc1. The zero-order valence-electron chi connectivity index (χ0n) is 27.4. The molecule has 0 radical (unpaired) electrons. The van der Waals surface area contributed by atoms with Gasteiger partial charge in [0.15, 0.2) is 0 Å². The summed E-state index contributed by atoms with van der Waals surface area (Å²) in [6.07, 6.45) is 0. The average Bonchev–Trinajstić information content (AvgIpc) is 3.58. The van der Waals surface area contributed by atoms with E-state index in [-0.39, 0.29) is 0 Å². The van der Waals surface area contributed by atoms with Crippen molar-refractivity contribution in [2.24, 2.45) is 0 Å². The highest BCUT2D eigenvalue weighted by molar-refractivity contribution is 6.06. The Balaban J connectivity index is 1.06. The third-order valence-corrected chi connectivity index (χ3v) is 9.50. The van der Waals surface area contributed by atoms with Gasteiger partial charge in [0.05, 0.1) is 0 Å². The van der Waals surface area contributed by atoms with Gasteiger partial charge in [-0.3, -0.25) is 0 Å². The van der Waals surface area contributed by atoms with Gasteiger partial charge in [0.25, 0.3) is 0 Å². The maximum Gasteiger partial charge on any atom is 0.135 e. The molecule has 236 valence electrons. The summed E-state index contributed by atoms with van der Waals surface area (Å²) < 4.78 is 6.06. The molecule has 0 unspecified atom stereocenters. The smallest absolute Gasteiger partial charge is 0.135 e. The van der Waals surface area contributed by atoms with Gasteiger partial charge >= 0.3 is 0 Å². The maximum atomic E-state index is 6.06. The Bertz CT molecular complexity index is 2470. The van der Waals surface area contributed by atoms with Crippen LogP contribution in [0.3, 0.4) is 0 Å². The molecule has 0 spiro atoms. The van der Waals surface area contributed by atoms with Crippen molar-refractivity contribution in [1.82, 2.24) is 0 Å². The second kappa shape index (κ2) is 12.8. The van der Waals surface area contributed by atoms with Crippen molar-refractivity contribution in [2.75, 3.05) is 4.90 Å². The number of hydrogen-bond acceptors (Lipinski definition) is 2. The summed E-state index contributed by atoms with van der Waals surface area (Å²) in [5.74, 6) is 0. The van der Waals surface area contributed by atoms with E-state index in [1.54, 1.807) is 0 Å². The number of fused-ring (bicyclic) bond motifs is 3. The molecule has 1 aromatic heterocycles. The first kappa shape index (κ1) is 29.5. The molecule has 2 nitrogen and oxygen atoms in total. The molecule has 0 saturated heterocycles. The Morgan fingerprint density at radius 1 is 0.260 bits per heavy atom. The molecule has 0 aliphatic rings. The van der Waals surface area contributed by atoms with Gasteiger partial charge in [-0.1, -0.05) is 146 Å². The van der Waals surface area contributed by atoms with E-state index in [2.05, 4.69) is 193 Å². The Labute approximate surface area is 292 Å². The first-order chi connectivity index (χ1) is 24.8. The molecular weight excluding hydrogens is 607 g/mol. The Hall–Kier alpha value is -6.64. The van der Waals surface area contributed by atoms with Crippen molar-refractivity contribution < 1.29 is 4.42 Å².